The van der Waals surface area contributed by atoms with Gasteiger partial charge in [0.25, 0.3) is 12.3 Å². The minimum atomic E-state index is -3.79. The quantitative estimate of drug-likeness (QED) is 0.0824. The third kappa shape index (κ3) is 8.42. The number of hydrogen-bond donors (Lipinski definition) is 2. The molecule has 1 aliphatic carbocycles. The maximum atomic E-state index is 15.3. The number of rotatable bonds is 11. The van der Waals surface area contributed by atoms with Crippen LogP contribution in [0.25, 0.3) is 16.8 Å². The Balaban J connectivity index is 1.52. The summed E-state index contributed by atoms with van der Waals surface area (Å²) in [6.07, 6.45) is -2.28. The molecule has 5 aromatic rings. The molecule has 0 saturated heterocycles. The number of aryl methyl sites for hydroxylation is 1. The average Bonchev–Trinajstić information content (AvgIpc) is 3.75. The van der Waals surface area contributed by atoms with Crippen molar-refractivity contribution < 1.29 is 39.6 Å². The van der Waals surface area contributed by atoms with Crippen molar-refractivity contribution in [2.24, 2.45) is 5.41 Å². The largest absolute Gasteiger partial charge is 0.346 e. The maximum Gasteiger partial charge on any atom is 0.290 e. The van der Waals surface area contributed by atoms with Crippen LogP contribution in [0.5, 0.6) is 0 Å². The summed E-state index contributed by atoms with van der Waals surface area (Å²) >= 11 is 0. The molecule has 1 aliphatic rings. The Bertz CT molecular complexity index is 2530. The lowest BCUT2D eigenvalue weighted by atomic mass is 9.94. The second-order valence-electron chi connectivity index (χ2n) is 14.5. The molecular formula is C38H36F6N8O3S. The van der Waals surface area contributed by atoms with E-state index in [0.29, 0.717) is 27.6 Å². The van der Waals surface area contributed by atoms with E-state index < -0.39 is 87.2 Å². The SMILES string of the molecule is C=C[C@H]1CC(F)(F)c2c1c(C(F)F)nn2CC(=O)N[C@@H](Cc1cc(F)cc(F)c1)c1nc(C#CC(C)(C)C)ccc1-c1ccc(C)n2c(NS(C)(=O)=O)nnc12. The zero-order valence-corrected chi connectivity index (χ0v) is 31.6. The van der Waals surface area contributed by atoms with Crippen LogP contribution >= 0.6 is 0 Å². The van der Waals surface area contributed by atoms with Crippen LogP contribution in [-0.2, 0) is 33.7 Å². The molecule has 2 N–H and O–H groups in total. The summed E-state index contributed by atoms with van der Waals surface area (Å²) in [5.41, 5.74) is -0.842. The van der Waals surface area contributed by atoms with Crippen LogP contribution in [0, 0.1) is 35.8 Å². The number of alkyl halides is 4. The number of nitrogens with zero attached hydrogens (tertiary/aromatic N) is 6. The molecular weight excluding hydrogens is 763 g/mol. The summed E-state index contributed by atoms with van der Waals surface area (Å²) in [4.78, 5) is 18.7. The molecule has 0 bridgehead atoms. The Morgan fingerprint density at radius 1 is 1.07 bits per heavy atom. The molecule has 4 heterocycles. The molecule has 0 unspecified atom stereocenters. The highest BCUT2D eigenvalue weighted by atomic mass is 32.2. The van der Waals surface area contributed by atoms with E-state index in [2.05, 4.69) is 43.8 Å². The van der Waals surface area contributed by atoms with Crippen molar-refractivity contribution in [3.63, 3.8) is 0 Å². The van der Waals surface area contributed by atoms with E-state index in [1.165, 1.54) is 4.40 Å². The van der Waals surface area contributed by atoms with E-state index in [1.54, 1.807) is 31.2 Å². The molecule has 0 radical (unpaired) electrons. The number of benzene rings is 1. The van der Waals surface area contributed by atoms with Crippen LogP contribution in [0.4, 0.5) is 32.3 Å². The van der Waals surface area contributed by atoms with Crippen LogP contribution < -0.4 is 10.0 Å². The summed E-state index contributed by atoms with van der Waals surface area (Å²) in [5.74, 6) is -1.58. The van der Waals surface area contributed by atoms with Gasteiger partial charge in [-0.3, -0.25) is 18.6 Å². The fraction of sp³-hybridized carbons (Fsp3) is 0.342. The molecule has 0 aliphatic heterocycles. The van der Waals surface area contributed by atoms with Gasteiger partial charge >= 0.3 is 0 Å². The molecule has 56 heavy (non-hydrogen) atoms. The summed E-state index contributed by atoms with van der Waals surface area (Å²) in [6.45, 7) is 9.89. The standard InChI is InChI=1S/C38H36F6N8O3S/c1-7-22-18-38(43,44)33-30(22)32(34(41)42)49-51(33)19-29(53)46-28(16-21-14-23(39)17-24(40)15-21)31-26(11-9-25(45-31)12-13-37(3,4)5)27-10-8-20(2)52-35(27)47-48-36(52)50-56(6,54)55/h7-11,14-15,17,22,28,34H,1,16,18-19H2,2-6H3,(H,46,53)(H,48,50)/t22-,28-/m0/s1. The van der Waals surface area contributed by atoms with Crippen LogP contribution in [0.2, 0.25) is 0 Å². The lowest BCUT2D eigenvalue weighted by molar-refractivity contribution is -0.122. The number of halogens is 6. The van der Waals surface area contributed by atoms with Gasteiger partial charge in [0.1, 0.15) is 35.3 Å². The molecule has 11 nitrogen and oxygen atoms in total. The first-order valence-corrected chi connectivity index (χ1v) is 19.0. The predicted molar refractivity (Wildman–Crippen MR) is 195 cm³/mol. The van der Waals surface area contributed by atoms with Gasteiger partial charge in [-0.2, -0.15) is 13.9 Å². The Kier molecular flexibility index (Phi) is 10.5. The second-order valence-corrected chi connectivity index (χ2v) is 16.3. The third-order valence-corrected chi connectivity index (χ3v) is 9.38. The number of hydrogen-bond acceptors (Lipinski definition) is 7. The molecule has 0 spiro atoms. The number of pyridine rings is 2. The topological polar surface area (TPSA) is 136 Å². The summed E-state index contributed by atoms with van der Waals surface area (Å²) < 4.78 is 116. The molecule has 294 valence electrons. The predicted octanol–water partition coefficient (Wildman–Crippen LogP) is 7.15. The lowest BCUT2D eigenvalue weighted by Crippen LogP contribution is -2.35. The van der Waals surface area contributed by atoms with Crippen LogP contribution in [0.15, 0.2) is 55.1 Å². The lowest BCUT2D eigenvalue weighted by Gasteiger charge is -2.23. The van der Waals surface area contributed by atoms with Crippen molar-refractivity contribution in [3.05, 3.63) is 106 Å². The van der Waals surface area contributed by atoms with Crippen LogP contribution in [0.3, 0.4) is 0 Å². The fourth-order valence-corrected chi connectivity index (χ4v) is 7.10. The van der Waals surface area contributed by atoms with Gasteiger partial charge in [-0.1, -0.05) is 12.0 Å². The summed E-state index contributed by atoms with van der Waals surface area (Å²) in [5, 5.41) is 14.7. The van der Waals surface area contributed by atoms with Gasteiger partial charge < -0.3 is 5.32 Å². The average molecular weight is 799 g/mol. The number of anilines is 1. The van der Waals surface area contributed by atoms with Crippen molar-refractivity contribution >= 4 is 27.5 Å². The molecule has 1 aromatic carbocycles. The highest BCUT2D eigenvalue weighted by Gasteiger charge is 2.50. The monoisotopic (exact) mass is 798 g/mol. The third-order valence-electron chi connectivity index (χ3n) is 8.83. The van der Waals surface area contributed by atoms with Crippen LogP contribution in [0.1, 0.15) is 85.2 Å². The number of fused-ring (bicyclic) bond motifs is 2. The highest BCUT2D eigenvalue weighted by Crippen LogP contribution is 2.51. The molecule has 1 amide bonds. The number of allylic oxidation sites excluding steroid dienone is 1. The zero-order chi connectivity index (χ0) is 40.9. The Morgan fingerprint density at radius 2 is 1.75 bits per heavy atom. The minimum Gasteiger partial charge on any atom is -0.346 e. The molecule has 2 atom stereocenters. The van der Waals surface area contributed by atoms with E-state index in [9.17, 15) is 30.8 Å². The second kappa shape index (κ2) is 14.8. The van der Waals surface area contributed by atoms with Gasteiger partial charge in [-0.15, -0.1) is 16.8 Å². The van der Waals surface area contributed by atoms with Gasteiger partial charge in [0.15, 0.2) is 5.65 Å². The van der Waals surface area contributed by atoms with Crippen molar-refractivity contribution in [1.82, 2.24) is 34.7 Å². The summed E-state index contributed by atoms with van der Waals surface area (Å²) in [7, 11) is -3.79. The first kappa shape index (κ1) is 40.0. The molecule has 4 aromatic heterocycles. The minimum absolute atomic E-state index is 0.0724. The molecule has 18 heteroatoms. The Morgan fingerprint density at radius 3 is 2.38 bits per heavy atom. The Labute approximate surface area is 318 Å². The number of nitrogens with one attached hydrogen (secondary N) is 2. The van der Waals surface area contributed by atoms with E-state index in [4.69, 9.17) is 4.98 Å². The number of aromatic nitrogens is 6. The van der Waals surface area contributed by atoms with Gasteiger partial charge in [0.2, 0.25) is 21.9 Å². The molecule has 0 fully saturated rings. The van der Waals surface area contributed by atoms with Crippen molar-refractivity contribution in [1.29, 1.82) is 0 Å². The number of carbonyl (C=O) groups is 1. The first-order chi connectivity index (χ1) is 26.1. The Hall–Kier alpha value is -5.70. The van der Waals surface area contributed by atoms with Crippen molar-refractivity contribution in [2.45, 2.75) is 71.4 Å². The zero-order valence-electron chi connectivity index (χ0n) is 30.8. The van der Waals surface area contributed by atoms with Gasteiger partial charge in [-0.05, 0) is 82.0 Å². The summed E-state index contributed by atoms with van der Waals surface area (Å²) in [6, 6.07) is 8.00. The fourth-order valence-electron chi connectivity index (χ4n) is 6.63. The van der Waals surface area contributed by atoms with Crippen LogP contribution in [-0.4, -0.2) is 49.9 Å². The van der Waals surface area contributed by atoms with E-state index in [1.807, 2.05) is 20.8 Å². The normalized spacial score (nSPS) is 15.7. The van der Waals surface area contributed by atoms with E-state index in [0.717, 1.165) is 24.5 Å². The van der Waals surface area contributed by atoms with Crippen molar-refractivity contribution in [3.8, 4) is 23.0 Å². The van der Waals surface area contributed by atoms with Gasteiger partial charge in [0, 0.05) is 46.2 Å². The molecule has 0 saturated carbocycles. The molecule has 6 rings (SSSR count). The van der Waals surface area contributed by atoms with E-state index >= 15 is 8.78 Å². The first-order valence-electron chi connectivity index (χ1n) is 17.1. The maximum absolute atomic E-state index is 15.3. The van der Waals surface area contributed by atoms with E-state index in [-0.39, 0.29) is 35.0 Å². The van der Waals surface area contributed by atoms with Gasteiger partial charge in [-0.25, -0.2) is 31.0 Å². The van der Waals surface area contributed by atoms with Gasteiger partial charge in [0.05, 0.1) is 18.0 Å². The number of carbonyl (C=O) groups excluding carboxylic acids is 1. The number of amides is 1. The smallest absolute Gasteiger partial charge is 0.290 e. The number of sulfonamides is 1. The van der Waals surface area contributed by atoms with Crippen molar-refractivity contribution in [2.75, 3.05) is 11.0 Å². The highest BCUT2D eigenvalue weighted by molar-refractivity contribution is 7.92.